The highest BCUT2D eigenvalue weighted by Gasteiger charge is 2.22. The lowest BCUT2D eigenvalue weighted by atomic mass is 10.2. The summed E-state index contributed by atoms with van der Waals surface area (Å²) in [5.41, 5.74) is 0.682. The Labute approximate surface area is 170 Å². The summed E-state index contributed by atoms with van der Waals surface area (Å²) in [5, 5.41) is 3.30. The first-order chi connectivity index (χ1) is 13.1. The Hall–Kier alpha value is -1.94. The molecule has 0 radical (unpaired) electrons. The molecule has 1 fully saturated rings. The minimum Gasteiger partial charge on any atom is -0.369 e. The molecule has 0 aliphatic carbocycles. The van der Waals surface area contributed by atoms with Gasteiger partial charge in [0.2, 0.25) is 11.8 Å². The van der Waals surface area contributed by atoms with Crippen LogP contribution in [0.25, 0.3) is 0 Å². The summed E-state index contributed by atoms with van der Waals surface area (Å²) in [6.45, 7) is 5.90. The topological polar surface area (TPSA) is 113 Å². The molecule has 0 atom stereocenters. The molecule has 0 aromatic carbocycles. The van der Waals surface area contributed by atoms with Crippen LogP contribution in [0.15, 0.2) is 0 Å². The fourth-order valence-electron chi connectivity index (χ4n) is 2.98. The van der Waals surface area contributed by atoms with E-state index in [9.17, 15) is 18.0 Å². The van der Waals surface area contributed by atoms with Gasteiger partial charge in [-0.05, 0) is 6.42 Å². The van der Waals surface area contributed by atoms with Crippen molar-refractivity contribution in [3.63, 3.8) is 0 Å². The third-order valence-corrected chi connectivity index (χ3v) is 5.55. The van der Waals surface area contributed by atoms with E-state index in [4.69, 9.17) is 11.6 Å². The van der Waals surface area contributed by atoms with Gasteiger partial charge < -0.3 is 15.1 Å². The van der Waals surface area contributed by atoms with E-state index in [0.29, 0.717) is 50.5 Å². The van der Waals surface area contributed by atoms with Gasteiger partial charge in [-0.1, -0.05) is 18.5 Å². The molecule has 2 amide bonds. The van der Waals surface area contributed by atoms with Gasteiger partial charge in [0.25, 0.3) is 0 Å². The van der Waals surface area contributed by atoms with E-state index in [0.717, 1.165) is 6.26 Å². The highest BCUT2D eigenvalue weighted by atomic mass is 35.5. The molecule has 1 aliphatic rings. The minimum absolute atomic E-state index is 0.00902. The van der Waals surface area contributed by atoms with Gasteiger partial charge in [0, 0.05) is 57.9 Å². The molecular formula is C17H26ClN5O4S. The summed E-state index contributed by atoms with van der Waals surface area (Å²) in [5.74, 6) is 0.288. The molecule has 0 spiro atoms. The Balaban J connectivity index is 1.96. The number of piperazine rings is 1. The van der Waals surface area contributed by atoms with Crippen LogP contribution >= 0.6 is 11.6 Å². The summed E-state index contributed by atoms with van der Waals surface area (Å²) in [7, 11) is -3.29. The molecule has 11 heteroatoms. The average molecular weight is 432 g/mol. The zero-order valence-electron chi connectivity index (χ0n) is 16.4. The maximum absolute atomic E-state index is 12.4. The first kappa shape index (κ1) is 22.4. The highest BCUT2D eigenvalue weighted by molar-refractivity contribution is 7.89. The Morgan fingerprint density at radius 2 is 1.75 bits per heavy atom. The quantitative estimate of drug-likeness (QED) is 0.633. The van der Waals surface area contributed by atoms with E-state index in [1.807, 2.05) is 6.92 Å². The fraction of sp³-hybridized carbons (Fsp3) is 0.647. The SMILES string of the molecule is CCc1c(Cl)nc(CS(C)(=O)=O)nc1NCCC(=O)N1CCN(C(C)=O)CC1. The Bertz CT molecular complexity index is 838. The number of sulfone groups is 1. The van der Waals surface area contributed by atoms with Crippen LogP contribution in [-0.4, -0.2) is 79.0 Å². The van der Waals surface area contributed by atoms with Gasteiger partial charge in [0.1, 0.15) is 22.5 Å². The maximum Gasteiger partial charge on any atom is 0.224 e. The van der Waals surface area contributed by atoms with Crippen molar-refractivity contribution in [3.05, 3.63) is 16.5 Å². The number of hydrogen-bond acceptors (Lipinski definition) is 7. The number of nitrogens with one attached hydrogen (secondary N) is 1. The number of aromatic nitrogens is 2. The van der Waals surface area contributed by atoms with Crippen molar-refractivity contribution in [2.24, 2.45) is 0 Å². The lowest BCUT2D eigenvalue weighted by molar-refractivity contribution is -0.138. The molecule has 9 nitrogen and oxygen atoms in total. The van der Waals surface area contributed by atoms with Crippen LogP contribution in [-0.2, 0) is 31.6 Å². The lowest BCUT2D eigenvalue weighted by Gasteiger charge is -2.34. The first-order valence-corrected chi connectivity index (χ1v) is 11.5. The zero-order valence-corrected chi connectivity index (χ0v) is 17.9. The summed E-state index contributed by atoms with van der Waals surface area (Å²) in [6, 6.07) is 0. The van der Waals surface area contributed by atoms with E-state index >= 15 is 0 Å². The first-order valence-electron chi connectivity index (χ1n) is 9.11. The standard InChI is InChI=1S/C17H26ClN5O4S/c1-4-13-16(18)20-14(11-28(3,26)27)21-17(13)19-6-5-15(25)23-9-7-22(8-10-23)12(2)24/h4-11H2,1-3H3,(H,19,20,21). The van der Waals surface area contributed by atoms with Crippen LogP contribution in [0.3, 0.4) is 0 Å². The molecule has 1 aromatic rings. The largest absolute Gasteiger partial charge is 0.369 e. The summed E-state index contributed by atoms with van der Waals surface area (Å²) in [6.07, 6.45) is 1.93. The van der Waals surface area contributed by atoms with E-state index < -0.39 is 9.84 Å². The van der Waals surface area contributed by atoms with Crippen LogP contribution in [0.1, 0.15) is 31.7 Å². The van der Waals surface area contributed by atoms with Gasteiger partial charge >= 0.3 is 0 Å². The van der Waals surface area contributed by atoms with Gasteiger partial charge in [-0.25, -0.2) is 18.4 Å². The molecular weight excluding hydrogens is 406 g/mol. The molecule has 0 unspecified atom stereocenters. The highest BCUT2D eigenvalue weighted by Crippen LogP contribution is 2.22. The van der Waals surface area contributed by atoms with Gasteiger partial charge in [0.05, 0.1) is 0 Å². The van der Waals surface area contributed by atoms with Gasteiger partial charge in [-0.3, -0.25) is 9.59 Å². The summed E-state index contributed by atoms with van der Waals surface area (Å²) < 4.78 is 23.0. The second-order valence-corrected chi connectivity index (χ2v) is 9.24. The number of nitrogens with zero attached hydrogens (tertiary/aromatic N) is 4. The predicted octanol–water partition coefficient (Wildman–Crippen LogP) is 0.730. The number of amides is 2. The second kappa shape index (κ2) is 9.51. The van der Waals surface area contributed by atoms with E-state index in [1.54, 1.807) is 9.80 Å². The minimum atomic E-state index is -3.29. The summed E-state index contributed by atoms with van der Waals surface area (Å²) >= 11 is 6.17. The van der Waals surface area contributed by atoms with Gasteiger partial charge in [0.15, 0.2) is 9.84 Å². The molecule has 1 aliphatic heterocycles. The second-order valence-electron chi connectivity index (χ2n) is 6.75. The van der Waals surface area contributed by atoms with Crippen LogP contribution < -0.4 is 5.32 Å². The molecule has 2 rings (SSSR count). The maximum atomic E-state index is 12.4. The molecule has 1 N–H and O–H groups in total. The lowest BCUT2D eigenvalue weighted by Crippen LogP contribution is -2.50. The molecule has 28 heavy (non-hydrogen) atoms. The van der Waals surface area contributed by atoms with Crippen molar-refractivity contribution in [1.82, 2.24) is 19.8 Å². The fourth-order valence-corrected chi connectivity index (χ4v) is 3.89. The Morgan fingerprint density at radius 3 is 2.29 bits per heavy atom. The third-order valence-electron chi connectivity index (χ3n) is 4.46. The van der Waals surface area contributed by atoms with Crippen molar-refractivity contribution in [1.29, 1.82) is 0 Å². The number of carbonyl (C=O) groups is 2. The van der Waals surface area contributed by atoms with Crippen LogP contribution in [0.5, 0.6) is 0 Å². The normalized spacial score (nSPS) is 14.9. The molecule has 2 heterocycles. The Kier molecular flexibility index (Phi) is 7.59. The number of anilines is 1. The van der Waals surface area contributed by atoms with Crippen molar-refractivity contribution < 1.29 is 18.0 Å². The van der Waals surface area contributed by atoms with E-state index in [1.165, 1.54) is 6.92 Å². The van der Waals surface area contributed by atoms with Crippen molar-refractivity contribution in [2.45, 2.75) is 32.4 Å². The Morgan fingerprint density at radius 1 is 1.14 bits per heavy atom. The number of rotatable bonds is 7. The predicted molar refractivity (Wildman–Crippen MR) is 107 cm³/mol. The third kappa shape index (κ3) is 6.30. The number of hydrogen-bond donors (Lipinski definition) is 1. The van der Waals surface area contributed by atoms with Gasteiger partial charge in [-0.2, -0.15) is 0 Å². The monoisotopic (exact) mass is 431 g/mol. The van der Waals surface area contributed by atoms with E-state index in [-0.39, 0.29) is 35.0 Å². The van der Waals surface area contributed by atoms with E-state index in [2.05, 4.69) is 15.3 Å². The van der Waals surface area contributed by atoms with Crippen molar-refractivity contribution >= 4 is 39.1 Å². The smallest absolute Gasteiger partial charge is 0.224 e. The van der Waals surface area contributed by atoms with Crippen molar-refractivity contribution in [3.8, 4) is 0 Å². The van der Waals surface area contributed by atoms with Crippen LogP contribution in [0, 0.1) is 0 Å². The van der Waals surface area contributed by atoms with Crippen LogP contribution in [0.2, 0.25) is 5.15 Å². The molecule has 156 valence electrons. The van der Waals surface area contributed by atoms with Gasteiger partial charge in [-0.15, -0.1) is 0 Å². The molecule has 1 aromatic heterocycles. The number of carbonyl (C=O) groups excluding carboxylic acids is 2. The van der Waals surface area contributed by atoms with Crippen LogP contribution in [0.4, 0.5) is 5.82 Å². The molecule has 0 saturated carbocycles. The summed E-state index contributed by atoms with van der Waals surface area (Å²) in [4.78, 5) is 35.5. The zero-order chi connectivity index (χ0) is 20.9. The molecule has 0 bridgehead atoms. The molecule has 1 saturated heterocycles. The average Bonchev–Trinajstić information content (AvgIpc) is 2.60. The van der Waals surface area contributed by atoms with Crippen molar-refractivity contribution in [2.75, 3.05) is 44.3 Å². The number of halogens is 1.